The SMILES string of the molecule is Cc1cc(C[S@](=O)[C@H](C)C(=O)N(C)c2ccccc2)no1. The van der Waals surface area contributed by atoms with Gasteiger partial charge in [0.25, 0.3) is 0 Å². The third-order valence-electron chi connectivity index (χ3n) is 3.18. The molecule has 5 nitrogen and oxygen atoms in total. The summed E-state index contributed by atoms with van der Waals surface area (Å²) in [5.74, 6) is 0.703. The van der Waals surface area contributed by atoms with E-state index < -0.39 is 16.0 Å². The van der Waals surface area contributed by atoms with E-state index in [9.17, 15) is 9.00 Å². The lowest BCUT2D eigenvalue weighted by Crippen LogP contribution is -2.37. The van der Waals surface area contributed by atoms with Crippen LogP contribution in [0.2, 0.25) is 0 Å². The highest BCUT2D eigenvalue weighted by Crippen LogP contribution is 2.15. The maximum Gasteiger partial charge on any atom is 0.242 e. The molecule has 1 amide bonds. The minimum atomic E-state index is -1.34. The summed E-state index contributed by atoms with van der Waals surface area (Å²) < 4.78 is 17.2. The van der Waals surface area contributed by atoms with Gasteiger partial charge in [0.15, 0.2) is 0 Å². The number of amides is 1. The van der Waals surface area contributed by atoms with Crippen LogP contribution >= 0.6 is 0 Å². The van der Waals surface area contributed by atoms with Crippen molar-refractivity contribution in [2.45, 2.75) is 24.9 Å². The minimum absolute atomic E-state index is 0.181. The maximum absolute atomic E-state index is 12.4. The Morgan fingerprint density at radius 2 is 2.05 bits per heavy atom. The van der Waals surface area contributed by atoms with Gasteiger partial charge in [-0.2, -0.15) is 0 Å². The number of rotatable bonds is 5. The molecule has 0 N–H and O–H groups in total. The van der Waals surface area contributed by atoms with Gasteiger partial charge in [0, 0.05) is 29.6 Å². The van der Waals surface area contributed by atoms with Crippen LogP contribution in [-0.4, -0.2) is 27.6 Å². The number of hydrogen-bond acceptors (Lipinski definition) is 4. The van der Waals surface area contributed by atoms with E-state index >= 15 is 0 Å². The van der Waals surface area contributed by atoms with Gasteiger partial charge in [-0.1, -0.05) is 23.4 Å². The zero-order valence-electron chi connectivity index (χ0n) is 12.3. The number of carbonyl (C=O) groups is 1. The summed E-state index contributed by atoms with van der Waals surface area (Å²) in [5, 5.41) is 3.20. The zero-order valence-corrected chi connectivity index (χ0v) is 13.1. The molecular weight excluding hydrogens is 288 g/mol. The van der Waals surface area contributed by atoms with Crippen molar-refractivity contribution in [1.29, 1.82) is 0 Å². The van der Waals surface area contributed by atoms with Crippen molar-refractivity contribution in [1.82, 2.24) is 5.16 Å². The van der Waals surface area contributed by atoms with Crippen LogP contribution in [0.25, 0.3) is 0 Å². The van der Waals surface area contributed by atoms with Crippen molar-refractivity contribution in [3.63, 3.8) is 0 Å². The van der Waals surface area contributed by atoms with E-state index in [1.54, 1.807) is 27.0 Å². The number of hydrogen-bond donors (Lipinski definition) is 0. The van der Waals surface area contributed by atoms with E-state index in [2.05, 4.69) is 5.16 Å². The molecule has 0 aliphatic carbocycles. The minimum Gasteiger partial charge on any atom is -0.361 e. The van der Waals surface area contributed by atoms with Crippen LogP contribution in [0.1, 0.15) is 18.4 Å². The molecule has 6 heteroatoms. The molecular formula is C15H18N2O3S. The molecule has 0 bridgehead atoms. The number of carbonyl (C=O) groups excluding carboxylic acids is 1. The van der Waals surface area contributed by atoms with E-state index in [1.807, 2.05) is 30.3 Å². The molecule has 0 aliphatic heterocycles. The fraction of sp³-hybridized carbons (Fsp3) is 0.333. The van der Waals surface area contributed by atoms with Crippen molar-refractivity contribution in [3.8, 4) is 0 Å². The average molecular weight is 306 g/mol. The van der Waals surface area contributed by atoms with Gasteiger partial charge < -0.3 is 9.42 Å². The Morgan fingerprint density at radius 3 is 2.62 bits per heavy atom. The van der Waals surface area contributed by atoms with Gasteiger partial charge in [-0.05, 0) is 26.0 Å². The van der Waals surface area contributed by atoms with E-state index in [0.717, 1.165) is 5.69 Å². The molecule has 1 aromatic heterocycles. The highest BCUT2D eigenvalue weighted by molar-refractivity contribution is 7.85. The lowest BCUT2D eigenvalue weighted by molar-refractivity contribution is -0.117. The molecule has 0 saturated carbocycles. The molecule has 0 saturated heterocycles. The molecule has 0 radical (unpaired) electrons. The van der Waals surface area contributed by atoms with Crippen molar-refractivity contribution in [3.05, 3.63) is 47.9 Å². The summed E-state index contributed by atoms with van der Waals surface area (Å²) in [7, 11) is 0.346. The van der Waals surface area contributed by atoms with Gasteiger partial charge in [0.2, 0.25) is 5.91 Å². The van der Waals surface area contributed by atoms with Crippen molar-refractivity contribution in [2.24, 2.45) is 0 Å². The standard InChI is InChI=1S/C15H18N2O3S/c1-11-9-13(16-20-11)10-21(19)12(2)15(18)17(3)14-7-5-4-6-8-14/h4-9,12H,10H2,1-3H3/t12-,21+/m1/s1. The Hall–Kier alpha value is -1.95. The zero-order chi connectivity index (χ0) is 15.4. The summed E-state index contributed by atoms with van der Waals surface area (Å²) in [4.78, 5) is 13.9. The summed E-state index contributed by atoms with van der Waals surface area (Å²) >= 11 is 0. The third kappa shape index (κ3) is 3.78. The van der Waals surface area contributed by atoms with Gasteiger partial charge in [0.1, 0.15) is 11.0 Å². The Balaban J connectivity index is 2.03. The van der Waals surface area contributed by atoms with Crippen LogP contribution in [0.5, 0.6) is 0 Å². The van der Waals surface area contributed by atoms with E-state index in [-0.39, 0.29) is 11.7 Å². The first-order valence-corrected chi connectivity index (χ1v) is 7.99. The number of aromatic nitrogens is 1. The molecule has 0 aliphatic rings. The van der Waals surface area contributed by atoms with Crippen LogP contribution in [0.15, 0.2) is 40.9 Å². The Kier molecular flexibility index (Phi) is 4.90. The van der Waals surface area contributed by atoms with Gasteiger partial charge in [-0.3, -0.25) is 9.00 Å². The normalized spacial score (nSPS) is 13.7. The smallest absolute Gasteiger partial charge is 0.242 e. The second-order valence-corrected chi connectivity index (χ2v) is 6.59. The fourth-order valence-corrected chi connectivity index (χ4v) is 2.98. The van der Waals surface area contributed by atoms with E-state index in [4.69, 9.17) is 4.52 Å². The first-order valence-electron chi connectivity index (χ1n) is 6.61. The molecule has 112 valence electrons. The number of para-hydroxylation sites is 1. The highest BCUT2D eigenvalue weighted by atomic mass is 32.2. The third-order valence-corrected chi connectivity index (χ3v) is 4.75. The molecule has 1 heterocycles. The predicted molar refractivity (Wildman–Crippen MR) is 82.4 cm³/mol. The van der Waals surface area contributed by atoms with Crippen molar-refractivity contribution in [2.75, 3.05) is 11.9 Å². The van der Waals surface area contributed by atoms with Crippen LogP contribution < -0.4 is 4.90 Å². The second-order valence-electron chi connectivity index (χ2n) is 4.83. The molecule has 2 rings (SSSR count). The number of anilines is 1. The first kappa shape index (κ1) is 15.4. The lowest BCUT2D eigenvalue weighted by Gasteiger charge is -2.20. The quantitative estimate of drug-likeness (QED) is 0.850. The monoisotopic (exact) mass is 306 g/mol. The van der Waals surface area contributed by atoms with Gasteiger partial charge in [-0.15, -0.1) is 0 Å². The van der Waals surface area contributed by atoms with Gasteiger partial charge in [-0.25, -0.2) is 0 Å². The summed E-state index contributed by atoms with van der Waals surface area (Å²) in [6.45, 7) is 3.45. The Morgan fingerprint density at radius 1 is 1.38 bits per heavy atom. The first-order chi connectivity index (χ1) is 9.99. The van der Waals surface area contributed by atoms with E-state index in [0.29, 0.717) is 11.5 Å². The van der Waals surface area contributed by atoms with E-state index in [1.165, 1.54) is 4.90 Å². The predicted octanol–water partition coefficient (Wildman–Crippen LogP) is 2.28. The molecule has 21 heavy (non-hydrogen) atoms. The van der Waals surface area contributed by atoms with Crippen LogP contribution in [0, 0.1) is 6.92 Å². The summed E-state index contributed by atoms with van der Waals surface area (Å²) in [5.41, 5.74) is 1.39. The topological polar surface area (TPSA) is 63.4 Å². The highest BCUT2D eigenvalue weighted by Gasteiger charge is 2.25. The molecule has 1 aromatic carbocycles. The van der Waals surface area contributed by atoms with Crippen molar-refractivity contribution >= 4 is 22.4 Å². The molecule has 0 unspecified atom stereocenters. The molecule has 2 aromatic rings. The average Bonchev–Trinajstić information content (AvgIpc) is 2.90. The fourth-order valence-electron chi connectivity index (χ4n) is 1.92. The summed E-state index contributed by atoms with van der Waals surface area (Å²) in [6, 6.07) is 11.0. The Bertz CT molecular complexity index is 639. The summed E-state index contributed by atoms with van der Waals surface area (Å²) in [6.07, 6.45) is 0. The number of nitrogens with zero attached hydrogens (tertiary/aromatic N) is 2. The Labute approximate surface area is 126 Å². The molecule has 0 fully saturated rings. The number of aryl methyl sites for hydroxylation is 1. The largest absolute Gasteiger partial charge is 0.361 e. The van der Waals surface area contributed by atoms with Gasteiger partial charge >= 0.3 is 0 Å². The molecule has 0 spiro atoms. The molecule has 2 atom stereocenters. The maximum atomic E-state index is 12.4. The van der Waals surface area contributed by atoms with Crippen LogP contribution in [0.4, 0.5) is 5.69 Å². The van der Waals surface area contributed by atoms with Crippen molar-refractivity contribution < 1.29 is 13.5 Å². The second kappa shape index (κ2) is 6.67. The van der Waals surface area contributed by atoms with Crippen LogP contribution in [0.3, 0.4) is 0 Å². The number of benzene rings is 1. The van der Waals surface area contributed by atoms with Gasteiger partial charge in [0.05, 0.1) is 11.4 Å². The van der Waals surface area contributed by atoms with Crippen LogP contribution in [-0.2, 0) is 21.3 Å². The lowest BCUT2D eigenvalue weighted by atomic mass is 10.3.